The van der Waals surface area contributed by atoms with Gasteiger partial charge in [0.15, 0.2) is 0 Å². The Bertz CT molecular complexity index is 372. The molecule has 0 aromatic carbocycles. The molecule has 1 aromatic rings. The van der Waals surface area contributed by atoms with Crippen LogP contribution in [0.5, 0.6) is 0 Å². The normalized spacial score (nSPS) is 26.4. The minimum atomic E-state index is -0.0741. The first kappa shape index (κ1) is 12.7. The second kappa shape index (κ2) is 5.23. The van der Waals surface area contributed by atoms with Crippen LogP contribution in [0.2, 0.25) is 0 Å². The van der Waals surface area contributed by atoms with E-state index >= 15 is 0 Å². The average Bonchev–Trinajstić information content (AvgIpc) is 2.81. The second-order valence-corrected chi connectivity index (χ2v) is 5.33. The lowest BCUT2D eigenvalue weighted by Gasteiger charge is -2.16. The molecule has 0 spiro atoms. The molecule has 17 heavy (non-hydrogen) atoms. The zero-order valence-corrected chi connectivity index (χ0v) is 11.0. The van der Waals surface area contributed by atoms with E-state index in [0.717, 1.165) is 37.3 Å². The first-order chi connectivity index (χ1) is 8.06. The van der Waals surface area contributed by atoms with Crippen molar-refractivity contribution in [2.45, 2.75) is 52.2 Å². The molecule has 3 unspecified atom stereocenters. The van der Waals surface area contributed by atoms with Gasteiger partial charge >= 0.3 is 0 Å². The molecule has 2 N–H and O–H groups in total. The summed E-state index contributed by atoms with van der Waals surface area (Å²) in [5.74, 6) is 2.61. The van der Waals surface area contributed by atoms with Crippen LogP contribution in [0, 0.1) is 19.8 Å². The predicted octanol–water partition coefficient (Wildman–Crippen LogP) is 2.71. The van der Waals surface area contributed by atoms with Crippen LogP contribution in [0.1, 0.15) is 49.3 Å². The van der Waals surface area contributed by atoms with Gasteiger partial charge in [0.2, 0.25) is 0 Å². The molecule has 0 saturated heterocycles. The molecule has 1 saturated carbocycles. The summed E-state index contributed by atoms with van der Waals surface area (Å²) in [7, 11) is 0. The average molecular weight is 237 g/mol. The van der Waals surface area contributed by atoms with Gasteiger partial charge in [0.05, 0.1) is 6.10 Å². The van der Waals surface area contributed by atoms with Crippen LogP contribution >= 0.6 is 0 Å². The Morgan fingerprint density at radius 2 is 2.24 bits per heavy atom. The van der Waals surface area contributed by atoms with E-state index in [0.29, 0.717) is 12.0 Å². The fourth-order valence-corrected chi connectivity index (χ4v) is 2.77. The highest BCUT2D eigenvalue weighted by molar-refractivity contribution is 5.23. The topological polar surface area (TPSA) is 45.4 Å². The predicted molar refractivity (Wildman–Crippen MR) is 67.9 cm³/mol. The van der Waals surface area contributed by atoms with Gasteiger partial charge in [0.1, 0.15) is 11.5 Å². The highest BCUT2D eigenvalue weighted by Gasteiger charge is 2.23. The monoisotopic (exact) mass is 237 g/mol. The number of hydrogen-bond acceptors (Lipinski definition) is 3. The smallest absolute Gasteiger partial charge is 0.105 e. The molecule has 1 fully saturated rings. The van der Waals surface area contributed by atoms with Crippen molar-refractivity contribution in [3.8, 4) is 0 Å². The maximum atomic E-state index is 9.49. The van der Waals surface area contributed by atoms with Crippen LogP contribution in [-0.2, 0) is 0 Å². The lowest BCUT2D eigenvalue weighted by atomic mass is 10.1. The number of furan rings is 1. The summed E-state index contributed by atoms with van der Waals surface area (Å²) in [6, 6.07) is 2.43. The van der Waals surface area contributed by atoms with E-state index in [4.69, 9.17) is 4.42 Å². The zero-order valence-electron chi connectivity index (χ0n) is 11.0. The van der Waals surface area contributed by atoms with Crippen molar-refractivity contribution < 1.29 is 9.52 Å². The number of aliphatic hydroxyl groups excluding tert-OH is 1. The molecule has 2 rings (SSSR count). The van der Waals surface area contributed by atoms with Gasteiger partial charge in [-0.05, 0) is 58.6 Å². The fourth-order valence-electron chi connectivity index (χ4n) is 2.77. The van der Waals surface area contributed by atoms with Crippen molar-refractivity contribution in [2.24, 2.45) is 5.92 Å². The summed E-state index contributed by atoms with van der Waals surface area (Å²) < 4.78 is 5.54. The van der Waals surface area contributed by atoms with Crippen molar-refractivity contribution in [3.05, 3.63) is 23.2 Å². The number of hydrogen-bond donors (Lipinski definition) is 2. The molecule has 0 radical (unpaired) electrons. The van der Waals surface area contributed by atoms with E-state index < -0.39 is 0 Å². The van der Waals surface area contributed by atoms with Crippen molar-refractivity contribution in [1.82, 2.24) is 5.32 Å². The van der Waals surface area contributed by atoms with Crippen LogP contribution in [0.25, 0.3) is 0 Å². The fraction of sp³-hybridized carbons (Fsp3) is 0.714. The molecule has 3 nitrogen and oxygen atoms in total. The molecule has 1 heterocycles. The van der Waals surface area contributed by atoms with Gasteiger partial charge in [-0.2, -0.15) is 0 Å². The van der Waals surface area contributed by atoms with Crippen LogP contribution in [0.15, 0.2) is 10.5 Å². The van der Waals surface area contributed by atoms with E-state index in [1.54, 1.807) is 0 Å². The quantitative estimate of drug-likeness (QED) is 0.846. The molecule has 1 aliphatic carbocycles. The molecule has 1 aliphatic rings. The minimum Gasteiger partial charge on any atom is -0.466 e. The second-order valence-electron chi connectivity index (χ2n) is 5.33. The molecule has 96 valence electrons. The number of aliphatic hydroxyl groups is 1. The molecule has 1 aromatic heterocycles. The Morgan fingerprint density at radius 1 is 1.47 bits per heavy atom. The van der Waals surface area contributed by atoms with E-state index in [1.165, 1.54) is 5.56 Å². The van der Waals surface area contributed by atoms with E-state index in [9.17, 15) is 5.11 Å². The minimum absolute atomic E-state index is 0.0741. The molecule has 3 heteroatoms. The Balaban J connectivity index is 1.85. The Labute approximate surface area is 103 Å². The summed E-state index contributed by atoms with van der Waals surface area (Å²) >= 11 is 0. The molecule has 3 atom stereocenters. The Hall–Kier alpha value is -0.800. The first-order valence-corrected chi connectivity index (χ1v) is 6.54. The lowest BCUT2D eigenvalue weighted by molar-refractivity contribution is 0.177. The van der Waals surface area contributed by atoms with Gasteiger partial charge in [0.25, 0.3) is 0 Å². The number of nitrogens with one attached hydrogen (secondary N) is 1. The van der Waals surface area contributed by atoms with E-state index in [-0.39, 0.29) is 6.10 Å². The first-order valence-electron chi connectivity index (χ1n) is 6.54. The SMILES string of the molecule is Cc1cc(C(C)NCC2CCC(O)C2)c(C)o1. The molecular formula is C14H23NO2. The van der Waals surface area contributed by atoms with Gasteiger partial charge in [-0.15, -0.1) is 0 Å². The third-order valence-electron chi connectivity index (χ3n) is 3.77. The van der Waals surface area contributed by atoms with Gasteiger partial charge in [-0.1, -0.05) is 0 Å². The maximum Gasteiger partial charge on any atom is 0.105 e. The summed E-state index contributed by atoms with van der Waals surface area (Å²) in [5.41, 5.74) is 1.25. The highest BCUT2D eigenvalue weighted by Crippen LogP contribution is 2.26. The van der Waals surface area contributed by atoms with Crippen molar-refractivity contribution in [1.29, 1.82) is 0 Å². The van der Waals surface area contributed by atoms with E-state index in [1.807, 2.05) is 13.8 Å². The number of aryl methyl sites for hydroxylation is 2. The molecule has 0 amide bonds. The van der Waals surface area contributed by atoms with Crippen molar-refractivity contribution in [2.75, 3.05) is 6.54 Å². The van der Waals surface area contributed by atoms with Gasteiger partial charge < -0.3 is 14.8 Å². The standard InChI is InChI=1S/C14H23NO2/c1-9-6-14(11(3)17-9)10(2)15-8-12-4-5-13(16)7-12/h6,10,12-13,15-16H,4-5,7-8H2,1-3H3. The van der Waals surface area contributed by atoms with Crippen LogP contribution in [0.3, 0.4) is 0 Å². The highest BCUT2D eigenvalue weighted by atomic mass is 16.3. The largest absolute Gasteiger partial charge is 0.466 e. The van der Waals surface area contributed by atoms with Crippen LogP contribution in [-0.4, -0.2) is 17.8 Å². The Kier molecular flexibility index (Phi) is 3.89. The zero-order chi connectivity index (χ0) is 12.4. The summed E-state index contributed by atoms with van der Waals surface area (Å²) in [4.78, 5) is 0. The maximum absolute atomic E-state index is 9.49. The van der Waals surface area contributed by atoms with Crippen LogP contribution < -0.4 is 5.32 Å². The summed E-state index contributed by atoms with van der Waals surface area (Å²) in [6.45, 7) is 7.15. The van der Waals surface area contributed by atoms with Gasteiger partial charge in [-0.3, -0.25) is 0 Å². The third-order valence-corrected chi connectivity index (χ3v) is 3.77. The van der Waals surface area contributed by atoms with Crippen molar-refractivity contribution in [3.63, 3.8) is 0 Å². The summed E-state index contributed by atoms with van der Waals surface area (Å²) in [5, 5.41) is 13.0. The van der Waals surface area contributed by atoms with Gasteiger partial charge in [0, 0.05) is 11.6 Å². The lowest BCUT2D eigenvalue weighted by Crippen LogP contribution is -2.25. The Morgan fingerprint density at radius 3 is 2.76 bits per heavy atom. The molecule has 0 aliphatic heterocycles. The van der Waals surface area contributed by atoms with Crippen LogP contribution in [0.4, 0.5) is 0 Å². The van der Waals surface area contributed by atoms with E-state index in [2.05, 4.69) is 18.3 Å². The number of rotatable bonds is 4. The van der Waals surface area contributed by atoms with Gasteiger partial charge in [-0.25, -0.2) is 0 Å². The summed E-state index contributed by atoms with van der Waals surface area (Å²) in [6.07, 6.45) is 2.98. The molecular weight excluding hydrogens is 214 g/mol. The third kappa shape index (κ3) is 3.11. The van der Waals surface area contributed by atoms with Crippen molar-refractivity contribution >= 4 is 0 Å². The molecule has 0 bridgehead atoms.